The van der Waals surface area contributed by atoms with Crippen LogP contribution in [0.5, 0.6) is 5.75 Å². The summed E-state index contributed by atoms with van der Waals surface area (Å²) in [5.74, 6) is 9.85. The van der Waals surface area contributed by atoms with Crippen LogP contribution in [0.4, 0.5) is 0 Å². The van der Waals surface area contributed by atoms with Gasteiger partial charge in [-0.1, -0.05) is 23.9 Å². The summed E-state index contributed by atoms with van der Waals surface area (Å²) in [6.07, 6.45) is 1.61. The second kappa shape index (κ2) is 7.84. The van der Waals surface area contributed by atoms with Gasteiger partial charge in [0.2, 0.25) is 5.16 Å². The van der Waals surface area contributed by atoms with E-state index in [-0.39, 0.29) is 0 Å². The Morgan fingerprint density at radius 1 is 1.06 bits per heavy atom. The molecule has 0 aliphatic rings. The van der Waals surface area contributed by atoms with Gasteiger partial charge in [0, 0.05) is 5.69 Å². The first-order valence-corrected chi connectivity index (χ1v) is 10.6. The molecule has 156 valence electrons. The molecule has 0 radical (unpaired) electrons. The SMILES string of the molecule is COc1ccc(-n2c(CSc3nnc(-c4ccoc4C)n3N)nc3ccccc32)cc1. The van der Waals surface area contributed by atoms with E-state index in [4.69, 9.17) is 20.0 Å². The predicted molar refractivity (Wildman–Crippen MR) is 120 cm³/mol. The van der Waals surface area contributed by atoms with E-state index in [1.807, 2.05) is 55.5 Å². The molecule has 8 nitrogen and oxygen atoms in total. The Balaban J connectivity index is 1.49. The minimum absolute atomic E-state index is 0.567. The number of aryl methyl sites for hydroxylation is 1. The molecule has 5 aromatic rings. The summed E-state index contributed by atoms with van der Waals surface area (Å²) >= 11 is 1.48. The highest BCUT2D eigenvalue weighted by Gasteiger charge is 2.18. The van der Waals surface area contributed by atoms with Crippen LogP contribution in [0, 0.1) is 6.92 Å². The molecular weight excluding hydrogens is 412 g/mol. The van der Waals surface area contributed by atoms with Crippen LogP contribution >= 0.6 is 11.8 Å². The molecular formula is C22H20N6O2S. The number of thioether (sulfide) groups is 1. The van der Waals surface area contributed by atoms with E-state index >= 15 is 0 Å². The standard InChI is InChI=1S/C22H20N6O2S/c1-14-17(11-12-30-14)21-25-26-22(28(21)23)31-13-20-24-18-5-3-4-6-19(18)27(20)15-7-9-16(29-2)10-8-15/h3-12H,13,23H2,1-2H3. The van der Waals surface area contributed by atoms with Gasteiger partial charge in [0.25, 0.3) is 0 Å². The quantitative estimate of drug-likeness (QED) is 0.317. The van der Waals surface area contributed by atoms with Crippen molar-refractivity contribution in [3.8, 4) is 22.8 Å². The van der Waals surface area contributed by atoms with Gasteiger partial charge in [0.1, 0.15) is 17.3 Å². The van der Waals surface area contributed by atoms with E-state index in [1.165, 1.54) is 16.4 Å². The molecule has 3 heterocycles. The zero-order valence-corrected chi connectivity index (χ0v) is 17.8. The lowest BCUT2D eigenvalue weighted by Crippen LogP contribution is -2.12. The lowest BCUT2D eigenvalue weighted by atomic mass is 10.2. The van der Waals surface area contributed by atoms with Crippen molar-refractivity contribution in [2.75, 3.05) is 13.0 Å². The number of hydrogen-bond donors (Lipinski definition) is 1. The second-order valence-corrected chi connectivity index (χ2v) is 7.85. The van der Waals surface area contributed by atoms with Gasteiger partial charge in [-0.25, -0.2) is 9.66 Å². The number of nitrogen functional groups attached to an aromatic ring is 1. The molecule has 0 fully saturated rings. The predicted octanol–water partition coefficient (Wildman–Crippen LogP) is 4.20. The van der Waals surface area contributed by atoms with Crippen LogP contribution < -0.4 is 10.6 Å². The number of para-hydroxylation sites is 2. The van der Waals surface area contributed by atoms with Crippen LogP contribution in [0.2, 0.25) is 0 Å². The maximum Gasteiger partial charge on any atom is 0.210 e. The Morgan fingerprint density at radius 2 is 1.87 bits per heavy atom. The minimum Gasteiger partial charge on any atom is -0.497 e. The van der Waals surface area contributed by atoms with Gasteiger partial charge in [-0.2, -0.15) is 0 Å². The molecule has 0 atom stereocenters. The monoisotopic (exact) mass is 432 g/mol. The molecule has 9 heteroatoms. The molecule has 31 heavy (non-hydrogen) atoms. The van der Waals surface area contributed by atoms with Gasteiger partial charge in [0.15, 0.2) is 5.82 Å². The summed E-state index contributed by atoms with van der Waals surface area (Å²) in [6.45, 7) is 1.87. The number of ether oxygens (including phenoxy) is 1. The smallest absolute Gasteiger partial charge is 0.210 e. The van der Waals surface area contributed by atoms with Crippen LogP contribution in [-0.2, 0) is 5.75 Å². The zero-order valence-electron chi connectivity index (χ0n) is 17.0. The molecule has 0 saturated heterocycles. The van der Waals surface area contributed by atoms with Crippen LogP contribution in [0.25, 0.3) is 28.1 Å². The van der Waals surface area contributed by atoms with Gasteiger partial charge in [-0.05, 0) is 49.4 Å². The number of rotatable bonds is 6. The van der Waals surface area contributed by atoms with Crippen molar-refractivity contribution in [1.82, 2.24) is 24.4 Å². The highest BCUT2D eigenvalue weighted by Crippen LogP contribution is 2.29. The zero-order chi connectivity index (χ0) is 21.4. The first-order valence-electron chi connectivity index (χ1n) is 9.64. The number of benzene rings is 2. The number of fused-ring (bicyclic) bond motifs is 1. The normalized spacial score (nSPS) is 11.3. The first kappa shape index (κ1) is 19.3. The summed E-state index contributed by atoms with van der Waals surface area (Å²) in [4.78, 5) is 4.84. The van der Waals surface area contributed by atoms with Gasteiger partial charge in [-0.15, -0.1) is 10.2 Å². The van der Waals surface area contributed by atoms with Crippen molar-refractivity contribution < 1.29 is 9.15 Å². The van der Waals surface area contributed by atoms with E-state index < -0.39 is 0 Å². The van der Waals surface area contributed by atoms with Crippen molar-refractivity contribution in [1.29, 1.82) is 0 Å². The number of methoxy groups -OCH3 is 1. The van der Waals surface area contributed by atoms with E-state index in [2.05, 4.69) is 20.8 Å². The van der Waals surface area contributed by atoms with Gasteiger partial charge in [0.05, 0.1) is 35.7 Å². The average Bonchev–Trinajstić information content (AvgIpc) is 3.48. The Morgan fingerprint density at radius 3 is 2.61 bits per heavy atom. The van der Waals surface area contributed by atoms with Gasteiger partial charge < -0.3 is 15.0 Å². The molecule has 0 aliphatic carbocycles. The first-order chi connectivity index (χ1) is 15.2. The fourth-order valence-electron chi connectivity index (χ4n) is 3.50. The van der Waals surface area contributed by atoms with Crippen LogP contribution in [0.15, 0.2) is 70.4 Å². The highest BCUT2D eigenvalue weighted by molar-refractivity contribution is 7.98. The topological polar surface area (TPSA) is 96.9 Å². The minimum atomic E-state index is 0.567. The molecule has 0 saturated carbocycles. The molecule has 2 N–H and O–H groups in total. The average molecular weight is 433 g/mol. The number of aromatic nitrogens is 5. The van der Waals surface area contributed by atoms with Crippen LogP contribution in [-0.4, -0.2) is 31.5 Å². The van der Waals surface area contributed by atoms with E-state index in [1.54, 1.807) is 13.4 Å². The summed E-state index contributed by atoms with van der Waals surface area (Å²) in [5, 5.41) is 9.10. The molecule has 2 aromatic carbocycles. The molecule has 0 unspecified atom stereocenters. The largest absolute Gasteiger partial charge is 0.497 e. The maximum atomic E-state index is 6.27. The number of furan rings is 1. The third kappa shape index (κ3) is 3.42. The third-order valence-corrected chi connectivity index (χ3v) is 5.99. The molecule has 0 spiro atoms. The molecule has 0 bridgehead atoms. The number of imidazole rings is 1. The highest BCUT2D eigenvalue weighted by atomic mass is 32.2. The molecule has 0 amide bonds. The molecule has 5 rings (SSSR count). The van der Waals surface area contributed by atoms with Crippen molar-refractivity contribution in [2.24, 2.45) is 0 Å². The Kier molecular flexibility index (Phi) is 4.87. The van der Waals surface area contributed by atoms with Gasteiger partial charge >= 0.3 is 0 Å². The Labute approximate surface area is 182 Å². The van der Waals surface area contributed by atoms with Gasteiger partial charge in [-0.3, -0.25) is 4.57 Å². The Bertz CT molecular complexity index is 1350. The summed E-state index contributed by atoms with van der Waals surface area (Å²) < 4.78 is 14.3. The van der Waals surface area contributed by atoms with Crippen molar-refractivity contribution in [3.05, 3.63) is 72.4 Å². The fourth-order valence-corrected chi connectivity index (χ4v) is 4.27. The Hall–Kier alpha value is -3.72. The van der Waals surface area contributed by atoms with Crippen LogP contribution in [0.3, 0.4) is 0 Å². The summed E-state index contributed by atoms with van der Waals surface area (Å²) in [6, 6.07) is 17.8. The van der Waals surface area contributed by atoms with E-state index in [9.17, 15) is 0 Å². The third-order valence-electron chi connectivity index (χ3n) is 5.06. The lowest BCUT2D eigenvalue weighted by Gasteiger charge is -2.10. The van der Waals surface area contributed by atoms with E-state index in [0.29, 0.717) is 16.7 Å². The summed E-state index contributed by atoms with van der Waals surface area (Å²) in [7, 11) is 1.66. The number of nitrogens with zero attached hydrogens (tertiary/aromatic N) is 5. The van der Waals surface area contributed by atoms with Crippen molar-refractivity contribution in [2.45, 2.75) is 17.8 Å². The fraction of sp³-hybridized carbons (Fsp3) is 0.136. The number of hydrogen-bond acceptors (Lipinski definition) is 7. The summed E-state index contributed by atoms with van der Waals surface area (Å²) in [5.41, 5.74) is 3.80. The lowest BCUT2D eigenvalue weighted by molar-refractivity contribution is 0.414. The van der Waals surface area contributed by atoms with E-state index in [0.717, 1.165) is 39.6 Å². The number of nitrogens with two attached hydrogens (primary N) is 1. The van der Waals surface area contributed by atoms with Crippen molar-refractivity contribution >= 4 is 22.8 Å². The van der Waals surface area contributed by atoms with Crippen LogP contribution in [0.1, 0.15) is 11.6 Å². The van der Waals surface area contributed by atoms with Crippen molar-refractivity contribution in [3.63, 3.8) is 0 Å². The molecule has 0 aliphatic heterocycles. The molecule has 3 aromatic heterocycles. The maximum absolute atomic E-state index is 6.27. The second-order valence-electron chi connectivity index (χ2n) is 6.91.